The molecule has 1 unspecified atom stereocenters. The number of aryl methyl sites for hydroxylation is 1. The van der Waals surface area contributed by atoms with E-state index >= 15 is 0 Å². The predicted molar refractivity (Wildman–Crippen MR) is 83.5 cm³/mol. The first-order valence-corrected chi connectivity index (χ1v) is 7.87. The molecule has 1 aliphatic heterocycles. The van der Waals surface area contributed by atoms with Gasteiger partial charge in [-0.15, -0.1) is 0 Å². The van der Waals surface area contributed by atoms with Crippen LogP contribution >= 0.6 is 0 Å². The normalized spacial score (nSPS) is 24.6. The molecule has 0 saturated carbocycles. The van der Waals surface area contributed by atoms with Crippen molar-refractivity contribution < 1.29 is 9.53 Å². The number of ether oxygens (including phenoxy) is 1. The molecule has 1 heterocycles. The molecule has 4 heteroatoms. The fourth-order valence-electron chi connectivity index (χ4n) is 3.56. The van der Waals surface area contributed by atoms with Crippen molar-refractivity contribution in [3.63, 3.8) is 0 Å². The summed E-state index contributed by atoms with van der Waals surface area (Å²) >= 11 is 0. The Morgan fingerprint density at radius 1 is 1.38 bits per heavy atom. The first-order chi connectivity index (χ1) is 10.2. The molecule has 0 bridgehead atoms. The van der Waals surface area contributed by atoms with E-state index in [1.54, 1.807) is 7.11 Å². The molecule has 2 N–H and O–H groups in total. The third-order valence-electron chi connectivity index (χ3n) is 4.79. The quantitative estimate of drug-likeness (QED) is 0.892. The van der Waals surface area contributed by atoms with Crippen LogP contribution in [0.3, 0.4) is 0 Å². The van der Waals surface area contributed by atoms with Crippen LogP contribution in [0, 0.1) is 5.41 Å². The molecular weight excluding hydrogens is 264 g/mol. The van der Waals surface area contributed by atoms with Gasteiger partial charge in [-0.3, -0.25) is 4.79 Å². The molecule has 3 rings (SSSR count). The van der Waals surface area contributed by atoms with Crippen molar-refractivity contribution >= 4 is 11.6 Å². The molecule has 0 aromatic heterocycles. The van der Waals surface area contributed by atoms with Crippen LogP contribution in [0.4, 0.5) is 5.69 Å². The van der Waals surface area contributed by atoms with E-state index in [4.69, 9.17) is 4.74 Å². The molecule has 0 spiro atoms. The van der Waals surface area contributed by atoms with Gasteiger partial charge in [0.25, 0.3) is 0 Å². The summed E-state index contributed by atoms with van der Waals surface area (Å²) in [4.78, 5) is 12.8. The van der Waals surface area contributed by atoms with Crippen LogP contribution in [0.1, 0.15) is 30.4 Å². The SMILES string of the molecule is COCC1(C(=O)Nc2cccc3c2CCCC3)CCNC1. The molecule has 1 fully saturated rings. The summed E-state index contributed by atoms with van der Waals surface area (Å²) in [6, 6.07) is 6.27. The number of anilines is 1. The monoisotopic (exact) mass is 288 g/mol. The lowest BCUT2D eigenvalue weighted by Crippen LogP contribution is -2.42. The Hall–Kier alpha value is -1.39. The third kappa shape index (κ3) is 2.83. The van der Waals surface area contributed by atoms with E-state index in [1.165, 1.54) is 24.0 Å². The standard InChI is InChI=1S/C17H24N2O2/c1-21-12-17(9-10-18-11-17)16(20)19-15-8-4-6-13-5-2-3-7-14(13)15/h4,6,8,18H,2-3,5,7,9-12H2,1H3,(H,19,20). The van der Waals surface area contributed by atoms with Crippen LogP contribution in [0.5, 0.6) is 0 Å². The number of hydrogen-bond acceptors (Lipinski definition) is 3. The van der Waals surface area contributed by atoms with Gasteiger partial charge >= 0.3 is 0 Å². The van der Waals surface area contributed by atoms with E-state index in [-0.39, 0.29) is 5.91 Å². The van der Waals surface area contributed by atoms with Gasteiger partial charge in [0, 0.05) is 19.3 Å². The van der Waals surface area contributed by atoms with E-state index in [0.717, 1.165) is 31.5 Å². The average molecular weight is 288 g/mol. The number of hydrogen-bond donors (Lipinski definition) is 2. The van der Waals surface area contributed by atoms with E-state index in [1.807, 2.05) is 6.07 Å². The van der Waals surface area contributed by atoms with Crippen molar-refractivity contribution in [2.24, 2.45) is 5.41 Å². The fraction of sp³-hybridized carbons (Fsp3) is 0.588. The Bertz CT molecular complexity index is 522. The topological polar surface area (TPSA) is 50.4 Å². The van der Waals surface area contributed by atoms with E-state index in [0.29, 0.717) is 13.2 Å². The van der Waals surface area contributed by atoms with Crippen LogP contribution in [-0.4, -0.2) is 32.7 Å². The zero-order valence-electron chi connectivity index (χ0n) is 12.7. The number of fused-ring (bicyclic) bond motifs is 1. The number of rotatable bonds is 4. The lowest BCUT2D eigenvalue weighted by atomic mass is 9.86. The highest BCUT2D eigenvalue weighted by Gasteiger charge is 2.41. The molecule has 0 radical (unpaired) electrons. The van der Waals surface area contributed by atoms with Gasteiger partial charge in [0.1, 0.15) is 0 Å². The van der Waals surface area contributed by atoms with Gasteiger partial charge < -0.3 is 15.4 Å². The lowest BCUT2D eigenvalue weighted by Gasteiger charge is -2.27. The summed E-state index contributed by atoms with van der Waals surface area (Å²) < 4.78 is 5.30. The van der Waals surface area contributed by atoms with Gasteiger partial charge in [-0.05, 0) is 55.8 Å². The average Bonchev–Trinajstić information content (AvgIpc) is 2.98. The summed E-state index contributed by atoms with van der Waals surface area (Å²) in [6.07, 6.45) is 5.50. The highest BCUT2D eigenvalue weighted by molar-refractivity contribution is 5.96. The van der Waals surface area contributed by atoms with Gasteiger partial charge in [-0.25, -0.2) is 0 Å². The van der Waals surface area contributed by atoms with Crippen molar-refractivity contribution in [3.8, 4) is 0 Å². The Kier molecular flexibility index (Phi) is 4.27. The molecular formula is C17H24N2O2. The Labute approximate surface area is 126 Å². The van der Waals surface area contributed by atoms with Crippen LogP contribution in [0.15, 0.2) is 18.2 Å². The Morgan fingerprint density at radius 2 is 2.24 bits per heavy atom. The number of methoxy groups -OCH3 is 1. The maximum Gasteiger partial charge on any atom is 0.234 e. The van der Waals surface area contributed by atoms with E-state index in [9.17, 15) is 4.79 Å². The van der Waals surface area contributed by atoms with Crippen LogP contribution in [0.2, 0.25) is 0 Å². The largest absolute Gasteiger partial charge is 0.384 e. The zero-order chi connectivity index (χ0) is 14.7. The summed E-state index contributed by atoms with van der Waals surface area (Å²) in [5, 5.41) is 6.46. The summed E-state index contributed by atoms with van der Waals surface area (Å²) in [5.74, 6) is 0.0910. The highest BCUT2D eigenvalue weighted by Crippen LogP contribution is 2.31. The second kappa shape index (κ2) is 6.16. The smallest absolute Gasteiger partial charge is 0.234 e. The second-order valence-electron chi connectivity index (χ2n) is 6.24. The number of nitrogens with one attached hydrogen (secondary N) is 2. The Balaban J connectivity index is 1.81. The van der Waals surface area contributed by atoms with Gasteiger partial charge in [-0.2, -0.15) is 0 Å². The van der Waals surface area contributed by atoms with Gasteiger partial charge in [0.2, 0.25) is 5.91 Å². The summed E-state index contributed by atoms with van der Waals surface area (Å²) in [5.41, 5.74) is 3.30. The van der Waals surface area contributed by atoms with Crippen molar-refractivity contribution in [1.29, 1.82) is 0 Å². The van der Waals surface area contributed by atoms with Crippen molar-refractivity contribution in [2.75, 3.05) is 32.1 Å². The highest BCUT2D eigenvalue weighted by atomic mass is 16.5. The molecule has 1 atom stereocenters. The molecule has 21 heavy (non-hydrogen) atoms. The van der Waals surface area contributed by atoms with Crippen molar-refractivity contribution in [3.05, 3.63) is 29.3 Å². The van der Waals surface area contributed by atoms with Gasteiger partial charge in [0.05, 0.1) is 12.0 Å². The fourth-order valence-corrected chi connectivity index (χ4v) is 3.56. The van der Waals surface area contributed by atoms with Crippen LogP contribution in [-0.2, 0) is 22.4 Å². The second-order valence-corrected chi connectivity index (χ2v) is 6.24. The molecule has 4 nitrogen and oxygen atoms in total. The first-order valence-electron chi connectivity index (χ1n) is 7.87. The molecule has 2 aliphatic rings. The maximum atomic E-state index is 12.8. The van der Waals surface area contributed by atoms with E-state index in [2.05, 4.69) is 22.8 Å². The molecule has 1 amide bonds. The summed E-state index contributed by atoms with van der Waals surface area (Å²) in [7, 11) is 1.66. The van der Waals surface area contributed by atoms with Gasteiger partial charge in [0.15, 0.2) is 0 Å². The molecule has 1 aliphatic carbocycles. The Morgan fingerprint density at radius 3 is 3.00 bits per heavy atom. The molecule has 1 aromatic carbocycles. The van der Waals surface area contributed by atoms with Gasteiger partial charge in [-0.1, -0.05) is 12.1 Å². The summed E-state index contributed by atoms with van der Waals surface area (Å²) in [6.45, 7) is 2.05. The van der Waals surface area contributed by atoms with Crippen molar-refractivity contribution in [2.45, 2.75) is 32.1 Å². The molecule has 114 valence electrons. The third-order valence-corrected chi connectivity index (χ3v) is 4.79. The lowest BCUT2D eigenvalue weighted by molar-refractivity contribution is -0.127. The first kappa shape index (κ1) is 14.5. The molecule has 1 aromatic rings. The zero-order valence-corrected chi connectivity index (χ0v) is 12.7. The predicted octanol–water partition coefficient (Wildman–Crippen LogP) is 2.13. The minimum absolute atomic E-state index is 0.0910. The maximum absolute atomic E-state index is 12.8. The van der Waals surface area contributed by atoms with Crippen LogP contribution < -0.4 is 10.6 Å². The molecule has 1 saturated heterocycles. The van der Waals surface area contributed by atoms with E-state index < -0.39 is 5.41 Å². The number of carbonyl (C=O) groups is 1. The number of benzene rings is 1. The number of amides is 1. The van der Waals surface area contributed by atoms with Crippen LogP contribution in [0.25, 0.3) is 0 Å². The minimum Gasteiger partial charge on any atom is -0.384 e. The van der Waals surface area contributed by atoms with Crippen molar-refractivity contribution in [1.82, 2.24) is 5.32 Å². The minimum atomic E-state index is -0.424. The number of carbonyl (C=O) groups excluding carboxylic acids is 1.